The van der Waals surface area contributed by atoms with Crippen LogP contribution in [0.15, 0.2) is 18.3 Å². The van der Waals surface area contributed by atoms with Gasteiger partial charge in [-0.3, -0.25) is 4.98 Å². The van der Waals surface area contributed by atoms with Gasteiger partial charge in [-0.1, -0.05) is 0 Å². The van der Waals surface area contributed by atoms with Gasteiger partial charge < -0.3 is 4.84 Å². The lowest BCUT2D eigenvalue weighted by Gasteiger charge is -2.03. The minimum atomic E-state index is 0.681. The summed E-state index contributed by atoms with van der Waals surface area (Å²) in [5.41, 5.74) is 4.71. The minimum absolute atomic E-state index is 0.681. The first kappa shape index (κ1) is 6.95. The van der Waals surface area contributed by atoms with E-state index in [9.17, 15) is 0 Å². The van der Waals surface area contributed by atoms with Gasteiger partial charge in [-0.15, -0.1) is 0 Å². The smallest absolute Gasteiger partial charge is 0.112 e. The standard InChI is InChI=1S/C10H10N2O/c1-2-13-12-4-3-8-10(12)6-7-5-9(7)11-8/h3-4,6H,2,5H2,1H3. The maximum Gasteiger partial charge on any atom is 0.112 e. The van der Waals surface area contributed by atoms with E-state index in [1.54, 1.807) is 4.73 Å². The summed E-state index contributed by atoms with van der Waals surface area (Å²) < 4.78 is 1.79. The molecule has 3 heteroatoms. The van der Waals surface area contributed by atoms with Crippen molar-refractivity contribution in [2.45, 2.75) is 13.3 Å². The zero-order valence-electron chi connectivity index (χ0n) is 7.45. The lowest BCUT2D eigenvalue weighted by molar-refractivity contribution is 0.132. The van der Waals surface area contributed by atoms with E-state index in [0.717, 1.165) is 17.5 Å². The zero-order chi connectivity index (χ0) is 8.84. The number of rotatable bonds is 2. The lowest BCUT2D eigenvalue weighted by atomic mass is 10.4. The Hall–Kier alpha value is -1.51. The predicted octanol–water partition coefficient (Wildman–Crippen LogP) is 1.39. The number of fused-ring (bicyclic) bond motifs is 2. The Morgan fingerprint density at radius 1 is 1.62 bits per heavy atom. The molecule has 2 heterocycles. The van der Waals surface area contributed by atoms with E-state index in [4.69, 9.17) is 4.84 Å². The average Bonchev–Trinajstić information content (AvgIpc) is 2.79. The van der Waals surface area contributed by atoms with Crippen molar-refractivity contribution in [2.75, 3.05) is 6.61 Å². The van der Waals surface area contributed by atoms with Crippen LogP contribution >= 0.6 is 0 Å². The molecule has 0 radical (unpaired) electrons. The minimum Gasteiger partial charge on any atom is -0.414 e. The molecule has 0 unspecified atom stereocenters. The first-order valence-electron chi connectivity index (χ1n) is 4.51. The highest BCUT2D eigenvalue weighted by atomic mass is 16.7. The maximum absolute atomic E-state index is 5.41. The fraction of sp³-hybridized carbons (Fsp3) is 0.300. The summed E-state index contributed by atoms with van der Waals surface area (Å²) in [5, 5.41) is 0. The van der Waals surface area contributed by atoms with Gasteiger partial charge in [0.1, 0.15) is 12.1 Å². The molecule has 0 saturated carbocycles. The second-order valence-corrected chi connectivity index (χ2v) is 3.23. The lowest BCUT2D eigenvalue weighted by Crippen LogP contribution is -2.08. The highest BCUT2D eigenvalue weighted by molar-refractivity contribution is 5.78. The first-order chi connectivity index (χ1) is 6.38. The summed E-state index contributed by atoms with van der Waals surface area (Å²) in [6, 6.07) is 4.15. The zero-order valence-corrected chi connectivity index (χ0v) is 7.45. The molecule has 0 spiro atoms. The molecule has 3 rings (SSSR count). The van der Waals surface area contributed by atoms with Gasteiger partial charge in [0.05, 0.1) is 5.52 Å². The summed E-state index contributed by atoms with van der Waals surface area (Å²) in [4.78, 5) is 9.88. The van der Waals surface area contributed by atoms with Crippen molar-refractivity contribution in [1.82, 2.24) is 9.71 Å². The van der Waals surface area contributed by atoms with Crippen LogP contribution in [-0.2, 0) is 6.42 Å². The topological polar surface area (TPSA) is 27.1 Å². The molecule has 3 nitrogen and oxygen atoms in total. The van der Waals surface area contributed by atoms with Crippen LogP contribution in [0.5, 0.6) is 0 Å². The molecule has 0 N–H and O–H groups in total. The predicted molar refractivity (Wildman–Crippen MR) is 49.7 cm³/mol. The Balaban J connectivity index is 2.21. The summed E-state index contributed by atoms with van der Waals surface area (Å²) in [6.07, 6.45) is 2.97. The third kappa shape index (κ3) is 0.932. The highest BCUT2D eigenvalue weighted by Crippen LogP contribution is 2.29. The second kappa shape index (κ2) is 2.25. The van der Waals surface area contributed by atoms with Gasteiger partial charge in [0.2, 0.25) is 0 Å². The number of hydrogen-bond acceptors (Lipinski definition) is 2. The summed E-state index contributed by atoms with van der Waals surface area (Å²) in [7, 11) is 0. The van der Waals surface area contributed by atoms with Crippen LogP contribution in [0.25, 0.3) is 11.0 Å². The molecule has 0 saturated heterocycles. The number of pyridine rings is 1. The third-order valence-electron chi connectivity index (χ3n) is 2.31. The van der Waals surface area contributed by atoms with Crippen molar-refractivity contribution in [2.24, 2.45) is 0 Å². The Morgan fingerprint density at radius 2 is 2.54 bits per heavy atom. The number of hydrogen-bond donors (Lipinski definition) is 0. The van der Waals surface area contributed by atoms with Gasteiger partial charge in [-0.05, 0) is 24.6 Å². The molecule has 1 aliphatic carbocycles. The molecule has 2 aromatic rings. The number of aromatic nitrogens is 2. The molecule has 13 heavy (non-hydrogen) atoms. The summed E-state index contributed by atoms with van der Waals surface area (Å²) in [5.74, 6) is 0. The fourth-order valence-corrected chi connectivity index (χ4v) is 1.59. The van der Waals surface area contributed by atoms with E-state index < -0.39 is 0 Å². The molecule has 1 aliphatic rings. The van der Waals surface area contributed by atoms with Crippen molar-refractivity contribution in [3.63, 3.8) is 0 Å². The number of nitrogens with zero attached hydrogens (tertiary/aromatic N) is 2. The van der Waals surface area contributed by atoms with Gasteiger partial charge in [0, 0.05) is 18.3 Å². The Bertz CT molecular complexity index is 473. The van der Waals surface area contributed by atoms with Crippen LogP contribution in [0.4, 0.5) is 0 Å². The SMILES string of the molecule is CCOn1ccc2nc3c(cc21)C3. The molecular weight excluding hydrogens is 164 g/mol. The largest absolute Gasteiger partial charge is 0.414 e. The molecule has 0 amide bonds. The second-order valence-electron chi connectivity index (χ2n) is 3.23. The van der Waals surface area contributed by atoms with Crippen LogP contribution < -0.4 is 4.84 Å². The normalized spacial score (nSPS) is 13.0. The van der Waals surface area contributed by atoms with Gasteiger partial charge in [0.15, 0.2) is 0 Å². The Morgan fingerprint density at radius 3 is 3.38 bits per heavy atom. The van der Waals surface area contributed by atoms with Gasteiger partial charge >= 0.3 is 0 Å². The molecule has 0 aliphatic heterocycles. The first-order valence-corrected chi connectivity index (χ1v) is 4.51. The third-order valence-corrected chi connectivity index (χ3v) is 2.31. The van der Waals surface area contributed by atoms with Crippen LogP contribution in [-0.4, -0.2) is 16.3 Å². The Labute approximate surface area is 75.9 Å². The Kier molecular flexibility index (Phi) is 1.20. The van der Waals surface area contributed by atoms with Gasteiger partial charge in [0.25, 0.3) is 0 Å². The van der Waals surface area contributed by atoms with E-state index in [0.29, 0.717) is 6.61 Å². The van der Waals surface area contributed by atoms with E-state index in [2.05, 4.69) is 11.1 Å². The fourth-order valence-electron chi connectivity index (χ4n) is 1.59. The summed E-state index contributed by atoms with van der Waals surface area (Å²) in [6.45, 7) is 2.66. The van der Waals surface area contributed by atoms with Crippen molar-refractivity contribution >= 4 is 11.0 Å². The van der Waals surface area contributed by atoms with E-state index >= 15 is 0 Å². The molecule has 66 valence electrons. The van der Waals surface area contributed by atoms with Crippen molar-refractivity contribution < 1.29 is 4.84 Å². The molecule has 0 atom stereocenters. The molecule has 0 bridgehead atoms. The van der Waals surface area contributed by atoms with Gasteiger partial charge in [-0.25, -0.2) is 0 Å². The highest BCUT2D eigenvalue weighted by Gasteiger charge is 2.20. The van der Waals surface area contributed by atoms with Gasteiger partial charge in [-0.2, -0.15) is 4.73 Å². The van der Waals surface area contributed by atoms with E-state index in [1.807, 2.05) is 19.2 Å². The molecule has 2 aromatic heterocycles. The van der Waals surface area contributed by atoms with Crippen LogP contribution in [0.2, 0.25) is 0 Å². The quantitative estimate of drug-likeness (QED) is 0.587. The molecule has 0 fully saturated rings. The average molecular weight is 174 g/mol. The molecular formula is C10H10N2O. The van der Waals surface area contributed by atoms with Crippen LogP contribution in [0, 0.1) is 0 Å². The van der Waals surface area contributed by atoms with Crippen LogP contribution in [0.3, 0.4) is 0 Å². The van der Waals surface area contributed by atoms with Crippen molar-refractivity contribution in [3.8, 4) is 0 Å². The van der Waals surface area contributed by atoms with E-state index in [-0.39, 0.29) is 0 Å². The summed E-state index contributed by atoms with van der Waals surface area (Å²) >= 11 is 0. The van der Waals surface area contributed by atoms with Crippen molar-refractivity contribution in [3.05, 3.63) is 29.6 Å². The maximum atomic E-state index is 5.41. The van der Waals surface area contributed by atoms with Crippen LogP contribution in [0.1, 0.15) is 18.2 Å². The monoisotopic (exact) mass is 174 g/mol. The molecule has 0 aromatic carbocycles. The van der Waals surface area contributed by atoms with Crippen molar-refractivity contribution in [1.29, 1.82) is 0 Å². The van der Waals surface area contributed by atoms with E-state index in [1.165, 1.54) is 11.3 Å².